The standard InChI is InChI=1S/C11H13FN2O2S/c1-7(10(15)14-11(16)13-2)17-9-6-4-3-5-8(9)12/h3-7H,1-2H3,(H2,13,14,15,16). The lowest BCUT2D eigenvalue weighted by Gasteiger charge is -2.11. The van der Waals surface area contributed by atoms with Gasteiger partial charge in [0.1, 0.15) is 5.82 Å². The van der Waals surface area contributed by atoms with E-state index in [1.54, 1.807) is 25.1 Å². The van der Waals surface area contributed by atoms with Crippen molar-refractivity contribution in [1.82, 2.24) is 10.6 Å². The Labute approximate surface area is 103 Å². The fraction of sp³-hybridized carbons (Fsp3) is 0.273. The van der Waals surface area contributed by atoms with Crippen LogP contribution < -0.4 is 10.6 Å². The molecule has 0 fully saturated rings. The van der Waals surface area contributed by atoms with Crippen molar-refractivity contribution >= 4 is 23.7 Å². The second kappa shape index (κ2) is 6.24. The molecule has 4 nitrogen and oxygen atoms in total. The molecule has 0 aliphatic rings. The van der Waals surface area contributed by atoms with Gasteiger partial charge in [0.2, 0.25) is 5.91 Å². The van der Waals surface area contributed by atoms with Crippen LogP contribution in [0, 0.1) is 5.82 Å². The monoisotopic (exact) mass is 256 g/mol. The fourth-order valence-corrected chi connectivity index (χ4v) is 1.94. The van der Waals surface area contributed by atoms with E-state index in [9.17, 15) is 14.0 Å². The summed E-state index contributed by atoms with van der Waals surface area (Å²) >= 11 is 1.06. The summed E-state index contributed by atoms with van der Waals surface area (Å²) in [5, 5.41) is 3.86. The first-order valence-electron chi connectivity index (χ1n) is 4.98. The molecular formula is C11H13FN2O2S. The highest BCUT2D eigenvalue weighted by atomic mass is 32.2. The lowest BCUT2D eigenvalue weighted by molar-refractivity contribution is -0.119. The van der Waals surface area contributed by atoms with Gasteiger partial charge in [0, 0.05) is 11.9 Å². The third-order valence-corrected chi connectivity index (χ3v) is 3.13. The SMILES string of the molecule is CNC(=O)NC(=O)C(C)Sc1ccccc1F. The predicted octanol–water partition coefficient (Wildman–Crippen LogP) is 1.76. The number of rotatable bonds is 3. The number of urea groups is 1. The van der Waals surface area contributed by atoms with Crippen molar-refractivity contribution < 1.29 is 14.0 Å². The smallest absolute Gasteiger partial charge is 0.321 e. The van der Waals surface area contributed by atoms with Gasteiger partial charge in [-0.15, -0.1) is 11.8 Å². The van der Waals surface area contributed by atoms with Gasteiger partial charge in [-0.25, -0.2) is 9.18 Å². The third kappa shape index (κ3) is 4.07. The van der Waals surface area contributed by atoms with Crippen LogP contribution in [0.15, 0.2) is 29.2 Å². The first-order valence-corrected chi connectivity index (χ1v) is 5.86. The normalized spacial score (nSPS) is 11.7. The van der Waals surface area contributed by atoms with Crippen LogP contribution in [0.25, 0.3) is 0 Å². The zero-order valence-corrected chi connectivity index (χ0v) is 10.3. The highest BCUT2D eigenvalue weighted by Gasteiger charge is 2.17. The minimum absolute atomic E-state index is 0.378. The summed E-state index contributed by atoms with van der Waals surface area (Å²) in [6.45, 7) is 1.61. The van der Waals surface area contributed by atoms with Crippen LogP contribution in [-0.2, 0) is 4.79 Å². The van der Waals surface area contributed by atoms with Gasteiger partial charge in [-0.05, 0) is 19.1 Å². The maximum Gasteiger partial charge on any atom is 0.321 e. The summed E-state index contributed by atoms with van der Waals surface area (Å²) in [4.78, 5) is 22.8. The van der Waals surface area contributed by atoms with Crippen LogP contribution in [-0.4, -0.2) is 24.2 Å². The number of thioether (sulfide) groups is 1. The van der Waals surface area contributed by atoms with Crippen LogP contribution in [0.2, 0.25) is 0 Å². The Morgan fingerprint density at radius 2 is 2.00 bits per heavy atom. The number of amides is 3. The maximum atomic E-state index is 13.3. The van der Waals surface area contributed by atoms with Gasteiger partial charge in [-0.2, -0.15) is 0 Å². The van der Waals surface area contributed by atoms with E-state index in [4.69, 9.17) is 0 Å². The van der Waals surface area contributed by atoms with Gasteiger partial charge < -0.3 is 5.32 Å². The lowest BCUT2D eigenvalue weighted by Crippen LogP contribution is -2.41. The van der Waals surface area contributed by atoms with E-state index in [-0.39, 0.29) is 5.82 Å². The molecule has 1 atom stereocenters. The van der Waals surface area contributed by atoms with E-state index in [2.05, 4.69) is 10.6 Å². The van der Waals surface area contributed by atoms with E-state index in [0.29, 0.717) is 4.90 Å². The Kier molecular flexibility index (Phi) is 4.96. The number of hydrogen-bond donors (Lipinski definition) is 2. The zero-order chi connectivity index (χ0) is 12.8. The minimum atomic E-state index is -0.573. The van der Waals surface area contributed by atoms with Gasteiger partial charge in [0.15, 0.2) is 0 Å². The number of benzene rings is 1. The van der Waals surface area contributed by atoms with Crippen molar-refractivity contribution in [2.24, 2.45) is 0 Å². The Morgan fingerprint density at radius 3 is 2.59 bits per heavy atom. The second-order valence-corrected chi connectivity index (χ2v) is 4.64. The zero-order valence-electron chi connectivity index (χ0n) is 9.49. The Bertz CT molecular complexity index is 426. The van der Waals surface area contributed by atoms with Crippen LogP contribution in [0.4, 0.5) is 9.18 Å². The van der Waals surface area contributed by atoms with Gasteiger partial charge in [-0.3, -0.25) is 10.1 Å². The van der Waals surface area contributed by atoms with Crippen LogP contribution >= 0.6 is 11.8 Å². The van der Waals surface area contributed by atoms with Crippen LogP contribution in [0.1, 0.15) is 6.92 Å². The molecule has 17 heavy (non-hydrogen) atoms. The molecule has 0 spiro atoms. The van der Waals surface area contributed by atoms with Crippen molar-refractivity contribution in [2.45, 2.75) is 17.1 Å². The van der Waals surface area contributed by atoms with E-state index in [0.717, 1.165) is 11.8 Å². The van der Waals surface area contributed by atoms with E-state index in [1.807, 2.05) is 0 Å². The molecule has 0 aliphatic carbocycles. The quantitative estimate of drug-likeness (QED) is 0.810. The predicted molar refractivity (Wildman–Crippen MR) is 64.3 cm³/mol. The first kappa shape index (κ1) is 13.5. The molecule has 6 heteroatoms. The van der Waals surface area contributed by atoms with Crippen molar-refractivity contribution in [3.8, 4) is 0 Å². The number of halogens is 1. The highest BCUT2D eigenvalue weighted by Crippen LogP contribution is 2.25. The average Bonchev–Trinajstić information content (AvgIpc) is 2.31. The molecule has 1 aromatic rings. The van der Waals surface area contributed by atoms with Gasteiger partial charge in [0.25, 0.3) is 0 Å². The molecule has 0 radical (unpaired) electrons. The lowest BCUT2D eigenvalue weighted by atomic mass is 10.3. The molecule has 0 saturated carbocycles. The molecule has 0 aromatic heterocycles. The van der Waals surface area contributed by atoms with E-state index >= 15 is 0 Å². The molecule has 1 aromatic carbocycles. The molecule has 0 bridgehead atoms. The number of carbonyl (C=O) groups is 2. The van der Waals surface area contributed by atoms with Gasteiger partial charge >= 0.3 is 6.03 Å². The molecule has 1 unspecified atom stereocenters. The van der Waals surface area contributed by atoms with Crippen molar-refractivity contribution in [3.63, 3.8) is 0 Å². The maximum absolute atomic E-state index is 13.3. The van der Waals surface area contributed by atoms with Crippen LogP contribution in [0.3, 0.4) is 0 Å². The number of hydrogen-bond acceptors (Lipinski definition) is 3. The Balaban J connectivity index is 2.60. The Morgan fingerprint density at radius 1 is 1.35 bits per heavy atom. The number of carbonyl (C=O) groups excluding carboxylic acids is 2. The molecule has 92 valence electrons. The molecule has 2 N–H and O–H groups in total. The fourth-order valence-electron chi connectivity index (χ4n) is 1.06. The molecule has 1 rings (SSSR count). The molecular weight excluding hydrogens is 243 g/mol. The van der Waals surface area contributed by atoms with Gasteiger partial charge in [-0.1, -0.05) is 12.1 Å². The summed E-state index contributed by atoms with van der Waals surface area (Å²) in [7, 11) is 1.41. The summed E-state index contributed by atoms with van der Waals surface area (Å²) in [6, 6.07) is 5.61. The molecule has 3 amide bonds. The number of nitrogens with one attached hydrogen (secondary N) is 2. The average molecular weight is 256 g/mol. The van der Waals surface area contributed by atoms with Crippen LogP contribution in [0.5, 0.6) is 0 Å². The molecule has 0 aliphatic heterocycles. The van der Waals surface area contributed by atoms with Crippen molar-refractivity contribution in [1.29, 1.82) is 0 Å². The summed E-state index contributed by atoms with van der Waals surface area (Å²) in [5.41, 5.74) is 0. The minimum Gasteiger partial charge on any atom is -0.341 e. The van der Waals surface area contributed by atoms with Gasteiger partial charge in [0.05, 0.1) is 5.25 Å². The third-order valence-electron chi connectivity index (χ3n) is 1.97. The first-order chi connectivity index (χ1) is 8.04. The summed E-state index contributed by atoms with van der Waals surface area (Å²) in [6.07, 6.45) is 0. The topological polar surface area (TPSA) is 58.2 Å². The second-order valence-electron chi connectivity index (χ2n) is 3.26. The number of imide groups is 1. The van der Waals surface area contributed by atoms with Crippen molar-refractivity contribution in [2.75, 3.05) is 7.05 Å². The Hall–Kier alpha value is -1.56. The molecule has 0 saturated heterocycles. The molecule has 0 heterocycles. The van der Waals surface area contributed by atoms with E-state index < -0.39 is 17.2 Å². The van der Waals surface area contributed by atoms with E-state index in [1.165, 1.54) is 13.1 Å². The highest BCUT2D eigenvalue weighted by molar-refractivity contribution is 8.00. The summed E-state index contributed by atoms with van der Waals surface area (Å²) in [5.74, 6) is -0.838. The van der Waals surface area contributed by atoms with Crippen molar-refractivity contribution in [3.05, 3.63) is 30.1 Å². The largest absolute Gasteiger partial charge is 0.341 e. The summed E-state index contributed by atoms with van der Waals surface area (Å²) < 4.78 is 13.3.